The van der Waals surface area contributed by atoms with Crippen LogP contribution in [0.25, 0.3) is 0 Å². The molecule has 9 heteroatoms. The van der Waals surface area contributed by atoms with Gasteiger partial charge in [-0.25, -0.2) is 8.37 Å². The van der Waals surface area contributed by atoms with Crippen molar-refractivity contribution >= 4 is 20.8 Å². The van der Waals surface area contributed by atoms with Crippen LogP contribution in [0.4, 0.5) is 0 Å². The van der Waals surface area contributed by atoms with Gasteiger partial charge in [0.1, 0.15) is 6.10 Å². The highest BCUT2D eigenvalue weighted by molar-refractivity contribution is 7.95. The summed E-state index contributed by atoms with van der Waals surface area (Å²) < 4.78 is 57.1. The van der Waals surface area contributed by atoms with E-state index in [4.69, 9.17) is 0 Å². The first-order chi connectivity index (χ1) is 8.85. The molecule has 1 fully saturated rings. The largest absolute Gasteiger partial charge is 0.416 e. The van der Waals surface area contributed by atoms with Gasteiger partial charge in [-0.15, -0.1) is 3.63 Å². The summed E-state index contributed by atoms with van der Waals surface area (Å²) in [5.74, 6) is 0. The van der Waals surface area contributed by atoms with Crippen LogP contribution in [0.3, 0.4) is 0 Å². The highest BCUT2D eigenvalue weighted by Crippen LogP contribution is 2.19. The van der Waals surface area contributed by atoms with Gasteiger partial charge in [0.25, 0.3) is 0 Å². The lowest BCUT2D eigenvalue weighted by molar-refractivity contribution is 0.134. The number of unbranched alkanes of at least 4 members (excludes halogenated alkanes) is 5. The van der Waals surface area contributed by atoms with E-state index >= 15 is 0 Å². The molecule has 7 nitrogen and oxygen atoms in total. The molecule has 1 saturated heterocycles. The molecule has 1 rings (SSSR count). The molecule has 0 amide bonds. The van der Waals surface area contributed by atoms with E-state index in [-0.39, 0.29) is 6.61 Å². The lowest BCUT2D eigenvalue weighted by atomic mass is 10.1. The summed E-state index contributed by atoms with van der Waals surface area (Å²) in [6.45, 7) is 1.79. The lowest BCUT2D eigenvalue weighted by Crippen LogP contribution is -2.20. The van der Waals surface area contributed by atoms with Crippen molar-refractivity contribution in [2.75, 3.05) is 6.61 Å². The maximum absolute atomic E-state index is 11.2. The first-order valence-electron chi connectivity index (χ1n) is 6.38. The van der Waals surface area contributed by atoms with Crippen LogP contribution in [-0.4, -0.2) is 29.5 Å². The van der Waals surface area contributed by atoms with Crippen molar-refractivity contribution in [3.05, 3.63) is 0 Å². The molecular weight excluding hydrogens is 296 g/mol. The molecule has 1 atom stereocenters. The maximum atomic E-state index is 11.2. The number of hydrogen-bond donors (Lipinski definition) is 0. The standard InChI is InChI=1S/C10H20O7S2/c1-2-3-4-5-6-7-8-10-9-15-18(11,12)17-19(13,14)16-10/h10H,2-9H2,1H3. The fourth-order valence-electron chi connectivity index (χ4n) is 1.78. The van der Waals surface area contributed by atoms with Crippen molar-refractivity contribution < 1.29 is 28.8 Å². The molecule has 1 aliphatic heterocycles. The molecule has 1 aliphatic rings. The molecule has 0 bridgehead atoms. The van der Waals surface area contributed by atoms with Crippen molar-refractivity contribution in [1.29, 1.82) is 0 Å². The minimum atomic E-state index is -4.54. The zero-order valence-electron chi connectivity index (χ0n) is 10.9. The molecule has 19 heavy (non-hydrogen) atoms. The highest BCUT2D eigenvalue weighted by Gasteiger charge is 2.33. The summed E-state index contributed by atoms with van der Waals surface area (Å²) in [5, 5.41) is 0. The van der Waals surface area contributed by atoms with Crippen LogP contribution in [0.5, 0.6) is 0 Å². The van der Waals surface area contributed by atoms with Gasteiger partial charge in [0, 0.05) is 0 Å². The summed E-state index contributed by atoms with van der Waals surface area (Å²) in [5.41, 5.74) is 0. The topological polar surface area (TPSA) is 96.0 Å². The lowest BCUT2D eigenvalue weighted by Gasteiger charge is -2.10. The molecule has 0 saturated carbocycles. The molecular formula is C10H20O7S2. The quantitative estimate of drug-likeness (QED) is 0.659. The molecule has 1 unspecified atom stereocenters. The van der Waals surface area contributed by atoms with E-state index in [9.17, 15) is 16.8 Å². The third-order valence-corrected chi connectivity index (χ3v) is 4.96. The molecule has 0 aliphatic carbocycles. The van der Waals surface area contributed by atoms with Crippen molar-refractivity contribution in [2.45, 2.75) is 58.0 Å². The van der Waals surface area contributed by atoms with Crippen molar-refractivity contribution in [3.63, 3.8) is 0 Å². The maximum Gasteiger partial charge on any atom is 0.416 e. The second-order valence-electron chi connectivity index (χ2n) is 4.44. The second-order valence-corrected chi connectivity index (χ2v) is 7.05. The van der Waals surface area contributed by atoms with Crippen molar-refractivity contribution in [2.24, 2.45) is 0 Å². The van der Waals surface area contributed by atoms with E-state index in [1.807, 2.05) is 0 Å². The van der Waals surface area contributed by atoms with Crippen LogP contribution < -0.4 is 0 Å². The Hall–Kier alpha value is -0.220. The summed E-state index contributed by atoms with van der Waals surface area (Å²) in [4.78, 5) is 0. The van der Waals surface area contributed by atoms with Gasteiger partial charge in [0.15, 0.2) is 0 Å². The zero-order chi connectivity index (χ0) is 14.4. The average molecular weight is 316 g/mol. The van der Waals surface area contributed by atoms with Gasteiger partial charge < -0.3 is 0 Å². The van der Waals surface area contributed by atoms with Gasteiger partial charge in [-0.3, -0.25) is 0 Å². The van der Waals surface area contributed by atoms with E-state index in [1.54, 1.807) is 0 Å². The Morgan fingerprint density at radius 2 is 1.58 bits per heavy atom. The summed E-state index contributed by atoms with van der Waals surface area (Å²) >= 11 is 0. The number of rotatable bonds is 7. The van der Waals surface area contributed by atoms with Gasteiger partial charge in [-0.1, -0.05) is 45.4 Å². The van der Waals surface area contributed by atoms with Crippen LogP contribution in [-0.2, 0) is 32.8 Å². The number of hydrogen-bond acceptors (Lipinski definition) is 7. The van der Waals surface area contributed by atoms with Gasteiger partial charge in [-0.05, 0) is 6.42 Å². The minimum absolute atomic E-state index is 0.337. The van der Waals surface area contributed by atoms with E-state index < -0.39 is 26.9 Å². The molecule has 0 radical (unpaired) electrons. The normalized spacial score (nSPS) is 25.8. The van der Waals surface area contributed by atoms with Crippen LogP contribution in [0, 0.1) is 0 Å². The van der Waals surface area contributed by atoms with Gasteiger partial charge in [0.05, 0.1) is 6.61 Å². The predicted molar refractivity (Wildman–Crippen MR) is 67.7 cm³/mol. The van der Waals surface area contributed by atoms with Crippen molar-refractivity contribution in [3.8, 4) is 0 Å². The summed E-state index contributed by atoms with van der Waals surface area (Å²) in [6, 6.07) is 0. The van der Waals surface area contributed by atoms with Gasteiger partial charge >= 0.3 is 20.8 Å². The third-order valence-electron chi connectivity index (χ3n) is 2.70. The SMILES string of the molecule is CCCCCCCCC1COS(=O)(=O)OS(=O)(=O)O1. The van der Waals surface area contributed by atoms with Crippen molar-refractivity contribution in [1.82, 2.24) is 0 Å². The summed E-state index contributed by atoms with van der Waals surface area (Å²) in [7, 11) is -9.06. The fourth-order valence-corrected chi connectivity index (χ4v) is 3.68. The predicted octanol–water partition coefficient (Wildman–Crippen LogP) is 1.66. The Kier molecular flexibility index (Phi) is 6.67. The molecule has 0 aromatic rings. The Balaban J connectivity index is 2.34. The molecule has 0 N–H and O–H groups in total. The molecule has 1 heterocycles. The smallest absolute Gasteiger partial charge is 0.245 e. The Bertz CT molecular complexity index is 454. The van der Waals surface area contributed by atoms with E-state index in [0.29, 0.717) is 6.42 Å². The average Bonchev–Trinajstić information content (AvgIpc) is 2.38. The molecule has 0 spiro atoms. The van der Waals surface area contributed by atoms with E-state index in [1.165, 1.54) is 6.42 Å². The highest BCUT2D eigenvalue weighted by atomic mass is 32.3. The Morgan fingerprint density at radius 3 is 2.26 bits per heavy atom. The molecule has 0 aromatic carbocycles. The van der Waals surface area contributed by atoms with Crippen LogP contribution in [0.2, 0.25) is 0 Å². The second kappa shape index (κ2) is 7.53. The van der Waals surface area contributed by atoms with E-state index in [2.05, 4.69) is 18.9 Å². The first kappa shape index (κ1) is 16.8. The monoisotopic (exact) mass is 316 g/mol. The first-order valence-corrected chi connectivity index (χ1v) is 9.05. The summed E-state index contributed by atoms with van der Waals surface area (Å²) in [6.07, 6.45) is 5.88. The third kappa shape index (κ3) is 7.21. The van der Waals surface area contributed by atoms with E-state index in [0.717, 1.165) is 32.1 Å². The van der Waals surface area contributed by atoms with Crippen LogP contribution in [0.15, 0.2) is 0 Å². The van der Waals surface area contributed by atoms with Crippen LogP contribution in [0.1, 0.15) is 51.9 Å². The minimum Gasteiger partial charge on any atom is -0.245 e. The molecule has 0 aromatic heterocycles. The zero-order valence-corrected chi connectivity index (χ0v) is 12.5. The Labute approximate surface area is 114 Å². The molecule has 114 valence electrons. The fraction of sp³-hybridized carbons (Fsp3) is 1.00. The Morgan fingerprint density at radius 1 is 0.947 bits per heavy atom. The van der Waals surface area contributed by atoms with Crippen LogP contribution >= 0.6 is 0 Å². The van der Waals surface area contributed by atoms with Gasteiger partial charge in [0.2, 0.25) is 0 Å². The van der Waals surface area contributed by atoms with Gasteiger partial charge in [-0.2, -0.15) is 16.8 Å².